The van der Waals surface area contributed by atoms with Gasteiger partial charge in [-0.25, -0.2) is 9.59 Å². The predicted molar refractivity (Wildman–Crippen MR) is 74.0 cm³/mol. The Labute approximate surface area is 116 Å². The van der Waals surface area contributed by atoms with E-state index in [4.69, 9.17) is 10.8 Å². The highest BCUT2D eigenvalue weighted by molar-refractivity contribution is 7.98. The number of nitrogens with two attached hydrogens (primary N) is 1. The van der Waals surface area contributed by atoms with Gasteiger partial charge in [-0.15, -0.1) is 0 Å². The summed E-state index contributed by atoms with van der Waals surface area (Å²) in [5.74, 6) is -0.749. The van der Waals surface area contributed by atoms with Crippen molar-refractivity contribution < 1.29 is 19.5 Å². The highest BCUT2D eigenvalue weighted by Gasteiger charge is 2.18. The lowest BCUT2D eigenvalue weighted by Gasteiger charge is -2.14. The molecule has 0 aromatic carbocycles. The van der Waals surface area contributed by atoms with E-state index in [9.17, 15) is 14.4 Å². The fourth-order valence-electron chi connectivity index (χ4n) is 1.33. The number of carboxylic acids is 1. The molecule has 3 amide bonds. The van der Waals surface area contributed by atoms with Crippen LogP contribution < -0.4 is 16.4 Å². The average molecular weight is 291 g/mol. The van der Waals surface area contributed by atoms with Gasteiger partial charge in [0.15, 0.2) is 0 Å². The molecule has 0 aromatic rings. The molecule has 0 radical (unpaired) electrons. The largest absolute Gasteiger partial charge is 0.480 e. The summed E-state index contributed by atoms with van der Waals surface area (Å²) in [5.41, 5.74) is 4.97. The molecule has 5 N–H and O–H groups in total. The molecule has 0 heterocycles. The maximum Gasteiger partial charge on any atom is 0.326 e. The van der Waals surface area contributed by atoms with E-state index in [2.05, 4.69) is 10.6 Å². The van der Waals surface area contributed by atoms with Gasteiger partial charge in [-0.2, -0.15) is 11.8 Å². The molecular weight excluding hydrogens is 270 g/mol. The normalized spacial score (nSPS) is 11.6. The predicted octanol–water partition coefficient (Wildman–Crippen LogP) is 0.148. The number of nitrogens with one attached hydrogen (secondary N) is 2. The third-order valence-corrected chi connectivity index (χ3v) is 2.99. The van der Waals surface area contributed by atoms with E-state index in [0.29, 0.717) is 31.6 Å². The zero-order valence-electron chi connectivity index (χ0n) is 11.0. The molecule has 0 spiro atoms. The number of hydrogen-bond donors (Lipinski definition) is 4. The number of carbonyl (C=O) groups excluding carboxylic acids is 2. The van der Waals surface area contributed by atoms with Gasteiger partial charge in [0.1, 0.15) is 6.04 Å². The van der Waals surface area contributed by atoms with E-state index in [1.54, 1.807) is 0 Å². The molecular formula is C11H21N3O4S. The zero-order chi connectivity index (χ0) is 14.7. The highest BCUT2D eigenvalue weighted by atomic mass is 32.2. The Bertz CT molecular complexity index is 312. The van der Waals surface area contributed by atoms with Crippen molar-refractivity contribution in [2.24, 2.45) is 5.73 Å². The fraction of sp³-hybridized carbons (Fsp3) is 0.727. The van der Waals surface area contributed by atoms with E-state index in [1.165, 1.54) is 11.8 Å². The Morgan fingerprint density at radius 3 is 2.53 bits per heavy atom. The molecule has 7 nitrogen and oxygen atoms in total. The molecule has 110 valence electrons. The maximum absolute atomic E-state index is 11.4. The summed E-state index contributed by atoms with van der Waals surface area (Å²) in [6.45, 7) is 0.383. The number of urea groups is 1. The van der Waals surface area contributed by atoms with Gasteiger partial charge in [-0.05, 0) is 31.3 Å². The first kappa shape index (κ1) is 17.6. The van der Waals surface area contributed by atoms with Crippen LogP contribution in [-0.2, 0) is 9.59 Å². The second-order valence-electron chi connectivity index (χ2n) is 4.00. The summed E-state index contributed by atoms with van der Waals surface area (Å²) in [6, 6.07) is -1.38. The van der Waals surface area contributed by atoms with Gasteiger partial charge in [0.25, 0.3) is 0 Å². The molecule has 0 saturated heterocycles. The molecule has 8 heteroatoms. The van der Waals surface area contributed by atoms with Gasteiger partial charge in [0, 0.05) is 13.0 Å². The first-order chi connectivity index (χ1) is 8.97. The van der Waals surface area contributed by atoms with Crippen LogP contribution >= 0.6 is 11.8 Å². The van der Waals surface area contributed by atoms with Crippen molar-refractivity contribution in [3.05, 3.63) is 0 Å². The van der Waals surface area contributed by atoms with Crippen molar-refractivity contribution in [1.82, 2.24) is 10.6 Å². The van der Waals surface area contributed by atoms with Crippen LogP contribution in [0.2, 0.25) is 0 Å². The molecule has 1 atom stereocenters. The Kier molecular flexibility index (Phi) is 9.69. The average Bonchev–Trinajstić information content (AvgIpc) is 2.33. The SMILES string of the molecule is CSCCC(NC(=O)NCCCCC(N)=O)C(=O)O. The van der Waals surface area contributed by atoms with Crippen LogP contribution in [0.4, 0.5) is 4.79 Å². The van der Waals surface area contributed by atoms with Gasteiger partial charge < -0.3 is 21.5 Å². The summed E-state index contributed by atoms with van der Waals surface area (Å²) < 4.78 is 0. The first-order valence-corrected chi connectivity index (χ1v) is 7.41. The van der Waals surface area contributed by atoms with Crippen molar-refractivity contribution in [2.75, 3.05) is 18.6 Å². The lowest BCUT2D eigenvalue weighted by Crippen LogP contribution is -2.46. The second kappa shape index (κ2) is 10.5. The number of amides is 3. The van der Waals surface area contributed by atoms with Crippen LogP contribution in [0, 0.1) is 0 Å². The third kappa shape index (κ3) is 10.2. The third-order valence-electron chi connectivity index (χ3n) is 2.35. The molecule has 0 fully saturated rings. The van der Waals surface area contributed by atoms with Gasteiger partial charge in [-0.3, -0.25) is 4.79 Å². The summed E-state index contributed by atoms with van der Waals surface area (Å²) in [5, 5.41) is 13.9. The molecule has 19 heavy (non-hydrogen) atoms. The molecule has 1 unspecified atom stereocenters. The number of rotatable bonds is 10. The second-order valence-corrected chi connectivity index (χ2v) is 4.98. The molecule has 0 saturated carbocycles. The van der Waals surface area contributed by atoms with E-state index in [0.717, 1.165) is 0 Å². The first-order valence-electron chi connectivity index (χ1n) is 6.01. The molecule has 0 rings (SSSR count). The zero-order valence-corrected chi connectivity index (χ0v) is 11.8. The monoisotopic (exact) mass is 291 g/mol. The number of carboxylic acid groups (broad SMARTS) is 1. The Hall–Kier alpha value is -1.44. The summed E-state index contributed by atoms with van der Waals surface area (Å²) in [6.07, 6.45) is 3.77. The topological polar surface area (TPSA) is 122 Å². The van der Waals surface area contributed by atoms with Crippen molar-refractivity contribution in [3.63, 3.8) is 0 Å². The van der Waals surface area contributed by atoms with E-state index in [-0.39, 0.29) is 12.3 Å². The minimum Gasteiger partial charge on any atom is -0.480 e. The lowest BCUT2D eigenvalue weighted by molar-refractivity contribution is -0.139. The van der Waals surface area contributed by atoms with Crippen LogP contribution in [0.1, 0.15) is 25.7 Å². The van der Waals surface area contributed by atoms with Crippen molar-refractivity contribution in [3.8, 4) is 0 Å². The quantitative estimate of drug-likeness (QED) is 0.427. The standard InChI is InChI=1S/C11H21N3O4S/c1-19-7-5-8(10(16)17)14-11(18)13-6-3-2-4-9(12)15/h8H,2-7H2,1H3,(H2,12,15)(H,16,17)(H2,13,14,18). The summed E-state index contributed by atoms with van der Waals surface area (Å²) in [4.78, 5) is 32.8. The van der Waals surface area contributed by atoms with Gasteiger partial charge in [0.2, 0.25) is 5.91 Å². The van der Waals surface area contributed by atoms with Gasteiger partial charge in [-0.1, -0.05) is 0 Å². The molecule has 0 bridgehead atoms. The molecule has 0 aromatic heterocycles. The molecule has 0 aliphatic heterocycles. The summed E-state index contributed by atoms with van der Waals surface area (Å²) in [7, 11) is 0. The minimum atomic E-state index is -1.04. The van der Waals surface area contributed by atoms with Gasteiger partial charge >= 0.3 is 12.0 Å². The molecule has 0 aliphatic carbocycles. The smallest absolute Gasteiger partial charge is 0.326 e. The van der Waals surface area contributed by atoms with Crippen LogP contribution in [0.5, 0.6) is 0 Å². The number of hydrogen-bond acceptors (Lipinski definition) is 4. The number of unbranched alkanes of at least 4 members (excludes halogenated alkanes) is 1. The van der Waals surface area contributed by atoms with Crippen LogP contribution in [0.25, 0.3) is 0 Å². The minimum absolute atomic E-state index is 0.286. The summed E-state index contributed by atoms with van der Waals surface area (Å²) >= 11 is 1.52. The number of carbonyl (C=O) groups is 3. The van der Waals surface area contributed by atoms with Crippen LogP contribution in [0.3, 0.4) is 0 Å². The van der Waals surface area contributed by atoms with Crippen molar-refractivity contribution >= 4 is 29.7 Å². The van der Waals surface area contributed by atoms with Crippen LogP contribution in [0.15, 0.2) is 0 Å². The van der Waals surface area contributed by atoms with E-state index < -0.39 is 18.0 Å². The van der Waals surface area contributed by atoms with Crippen LogP contribution in [-0.4, -0.2) is 47.6 Å². The highest BCUT2D eigenvalue weighted by Crippen LogP contribution is 2.01. The maximum atomic E-state index is 11.4. The Balaban J connectivity index is 3.80. The van der Waals surface area contributed by atoms with Crippen molar-refractivity contribution in [2.45, 2.75) is 31.7 Å². The number of aliphatic carboxylic acids is 1. The number of primary amides is 1. The van der Waals surface area contributed by atoms with Crippen molar-refractivity contribution in [1.29, 1.82) is 0 Å². The van der Waals surface area contributed by atoms with E-state index >= 15 is 0 Å². The molecule has 0 aliphatic rings. The fourth-order valence-corrected chi connectivity index (χ4v) is 1.80. The Morgan fingerprint density at radius 2 is 2.00 bits per heavy atom. The lowest BCUT2D eigenvalue weighted by atomic mass is 10.2. The van der Waals surface area contributed by atoms with Gasteiger partial charge in [0.05, 0.1) is 0 Å². The Morgan fingerprint density at radius 1 is 1.32 bits per heavy atom. The van der Waals surface area contributed by atoms with E-state index in [1.807, 2.05) is 6.26 Å². The number of thioether (sulfide) groups is 1.